The van der Waals surface area contributed by atoms with Gasteiger partial charge in [-0.3, -0.25) is 0 Å². The quantitative estimate of drug-likeness (QED) is 0.450. The summed E-state index contributed by atoms with van der Waals surface area (Å²) in [5.41, 5.74) is 2.34. The first kappa shape index (κ1) is 14.0. The number of fused-ring (bicyclic) bond motifs is 1. The number of hydrogen-bond acceptors (Lipinski definition) is 4. The van der Waals surface area contributed by atoms with Crippen molar-refractivity contribution in [1.29, 1.82) is 0 Å². The van der Waals surface area contributed by atoms with Crippen LogP contribution < -0.4 is 0 Å². The predicted octanol–water partition coefficient (Wildman–Crippen LogP) is 1.50. The van der Waals surface area contributed by atoms with Crippen molar-refractivity contribution in [2.75, 3.05) is 13.2 Å². The van der Waals surface area contributed by atoms with E-state index in [2.05, 4.69) is 6.58 Å². The maximum absolute atomic E-state index is 11.6. The highest BCUT2D eigenvalue weighted by Gasteiger charge is 2.37. The zero-order valence-electron chi connectivity index (χ0n) is 11.0. The summed E-state index contributed by atoms with van der Waals surface area (Å²) >= 11 is 0. The summed E-state index contributed by atoms with van der Waals surface area (Å²) in [5.74, 6) is -0.403. The maximum atomic E-state index is 11.6. The molecule has 0 bridgehead atoms. The Balaban J connectivity index is 2.25. The maximum Gasteiger partial charge on any atom is 0.334 e. The third-order valence-corrected chi connectivity index (χ3v) is 3.83. The van der Waals surface area contributed by atoms with Crippen LogP contribution in [0.1, 0.15) is 25.7 Å². The van der Waals surface area contributed by atoms with E-state index in [0.29, 0.717) is 12.0 Å². The highest BCUT2D eigenvalue weighted by Crippen LogP contribution is 2.34. The van der Waals surface area contributed by atoms with Gasteiger partial charge in [0.15, 0.2) is 0 Å². The van der Waals surface area contributed by atoms with Crippen LogP contribution in [0.4, 0.5) is 0 Å². The van der Waals surface area contributed by atoms with Crippen molar-refractivity contribution in [2.24, 2.45) is 5.92 Å². The van der Waals surface area contributed by atoms with Crippen molar-refractivity contribution in [3.8, 4) is 0 Å². The lowest BCUT2D eigenvalue weighted by Gasteiger charge is -2.18. The first-order chi connectivity index (χ1) is 9.15. The van der Waals surface area contributed by atoms with E-state index in [1.54, 1.807) is 0 Å². The van der Waals surface area contributed by atoms with Crippen LogP contribution >= 0.6 is 0 Å². The zero-order chi connectivity index (χ0) is 13.8. The number of hydrogen-bond donors (Lipinski definition) is 2. The minimum atomic E-state index is -0.350. The van der Waals surface area contributed by atoms with Crippen LogP contribution in [-0.4, -0.2) is 35.5 Å². The van der Waals surface area contributed by atoms with Crippen molar-refractivity contribution in [2.45, 2.75) is 31.8 Å². The lowest BCUT2D eigenvalue weighted by Crippen LogP contribution is -2.16. The monoisotopic (exact) mass is 264 g/mol. The normalized spacial score (nSPS) is 28.3. The molecule has 1 heterocycles. The first-order valence-electron chi connectivity index (χ1n) is 6.64. The van der Waals surface area contributed by atoms with Crippen LogP contribution in [0.2, 0.25) is 0 Å². The van der Waals surface area contributed by atoms with Crippen LogP contribution in [0.5, 0.6) is 0 Å². The van der Waals surface area contributed by atoms with Gasteiger partial charge in [-0.05, 0) is 42.9 Å². The summed E-state index contributed by atoms with van der Waals surface area (Å²) in [5, 5.41) is 18.6. The van der Waals surface area contributed by atoms with E-state index < -0.39 is 0 Å². The molecule has 0 radical (unpaired) electrons. The second-order valence-electron chi connectivity index (χ2n) is 5.08. The molecular weight excluding hydrogens is 244 g/mol. The van der Waals surface area contributed by atoms with Crippen LogP contribution in [0.15, 0.2) is 35.5 Å². The number of ether oxygens (including phenoxy) is 1. The molecule has 2 aliphatic rings. The number of rotatable bonds is 2. The number of aliphatic hydroxyl groups is 2. The molecule has 2 N–H and O–H groups in total. The van der Waals surface area contributed by atoms with E-state index in [1.807, 2.05) is 12.2 Å². The molecule has 19 heavy (non-hydrogen) atoms. The summed E-state index contributed by atoms with van der Waals surface area (Å²) in [7, 11) is 0. The standard InChI is InChI=1S/C15H20O4/c1-10-13-6-5-11(8-16)3-2-4-12(9-17)7-14(13)19-15(10)18/h3,7,13-14,16-17H,1-2,4-6,8-9H2. The molecule has 2 rings (SSSR count). The smallest absolute Gasteiger partial charge is 0.334 e. The van der Waals surface area contributed by atoms with Crippen molar-refractivity contribution in [1.82, 2.24) is 0 Å². The molecule has 0 spiro atoms. The Morgan fingerprint density at radius 1 is 1.26 bits per heavy atom. The van der Waals surface area contributed by atoms with Gasteiger partial charge in [-0.1, -0.05) is 12.7 Å². The average molecular weight is 264 g/mol. The van der Waals surface area contributed by atoms with Gasteiger partial charge in [0.2, 0.25) is 0 Å². The molecule has 1 aliphatic carbocycles. The van der Waals surface area contributed by atoms with Gasteiger partial charge in [-0.2, -0.15) is 0 Å². The Labute approximate surface area is 113 Å². The molecule has 0 aromatic carbocycles. The van der Waals surface area contributed by atoms with E-state index in [1.165, 1.54) is 0 Å². The molecule has 4 nitrogen and oxygen atoms in total. The Bertz CT molecular complexity index is 433. The van der Waals surface area contributed by atoms with E-state index >= 15 is 0 Å². The fourth-order valence-corrected chi connectivity index (χ4v) is 2.62. The van der Waals surface area contributed by atoms with E-state index in [9.17, 15) is 15.0 Å². The minimum Gasteiger partial charge on any atom is -0.454 e. The number of aliphatic hydroxyl groups excluding tert-OH is 2. The third-order valence-electron chi connectivity index (χ3n) is 3.83. The van der Waals surface area contributed by atoms with Gasteiger partial charge in [0.25, 0.3) is 0 Å². The Morgan fingerprint density at radius 3 is 2.68 bits per heavy atom. The largest absolute Gasteiger partial charge is 0.454 e. The molecule has 0 saturated carbocycles. The van der Waals surface area contributed by atoms with Gasteiger partial charge < -0.3 is 14.9 Å². The number of esters is 1. The summed E-state index contributed by atoms with van der Waals surface area (Å²) < 4.78 is 5.30. The molecule has 1 fully saturated rings. The molecule has 0 aromatic rings. The highest BCUT2D eigenvalue weighted by atomic mass is 16.5. The lowest BCUT2D eigenvalue weighted by atomic mass is 9.88. The van der Waals surface area contributed by atoms with Crippen LogP contribution in [-0.2, 0) is 9.53 Å². The molecule has 1 saturated heterocycles. The fraction of sp³-hybridized carbons (Fsp3) is 0.533. The van der Waals surface area contributed by atoms with Gasteiger partial charge in [-0.25, -0.2) is 4.79 Å². The minimum absolute atomic E-state index is 0.0322. The van der Waals surface area contributed by atoms with Gasteiger partial charge in [0.1, 0.15) is 6.10 Å². The topological polar surface area (TPSA) is 66.8 Å². The van der Waals surface area contributed by atoms with E-state index in [-0.39, 0.29) is 31.2 Å². The molecular formula is C15H20O4. The average Bonchev–Trinajstić information content (AvgIpc) is 2.68. The molecule has 0 aromatic heterocycles. The van der Waals surface area contributed by atoms with Crippen LogP contribution in [0, 0.1) is 5.92 Å². The fourth-order valence-electron chi connectivity index (χ4n) is 2.62. The van der Waals surface area contributed by atoms with E-state index in [0.717, 1.165) is 30.4 Å². The van der Waals surface area contributed by atoms with Crippen molar-refractivity contribution >= 4 is 5.97 Å². The van der Waals surface area contributed by atoms with Gasteiger partial charge in [0.05, 0.1) is 13.2 Å². The number of carbonyl (C=O) groups excluding carboxylic acids is 1. The SMILES string of the molecule is C=C1C(=O)OC2C=C(CO)CCC=C(CO)CCC12. The highest BCUT2D eigenvalue weighted by molar-refractivity contribution is 5.91. The summed E-state index contributed by atoms with van der Waals surface area (Å²) in [6.45, 7) is 3.81. The van der Waals surface area contributed by atoms with Crippen LogP contribution in [0.3, 0.4) is 0 Å². The molecule has 2 unspecified atom stereocenters. The zero-order valence-corrected chi connectivity index (χ0v) is 11.0. The Kier molecular flexibility index (Phi) is 4.56. The van der Waals surface area contributed by atoms with Crippen molar-refractivity contribution in [3.05, 3.63) is 35.5 Å². The first-order valence-corrected chi connectivity index (χ1v) is 6.64. The third kappa shape index (κ3) is 3.14. The summed E-state index contributed by atoms with van der Waals surface area (Å²) in [6, 6.07) is 0. The second-order valence-corrected chi connectivity index (χ2v) is 5.08. The summed E-state index contributed by atoms with van der Waals surface area (Å²) in [6.07, 6.45) is 6.54. The number of allylic oxidation sites excluding steroid dienone is 1. The lowest BCUT2D eigenvalue weighted by molar-refractivity contribution is -0.137. The van der Waals surface area contributed by atoms with Gasteiger partial charge in [-0.15, -0.1) is 0 Å². The van der Waals surface area contributed by atoms with Crippen molar-refractivity contribution in [3.63, 3.8) is 0 Å². The van der Waals surface area contributed by atoms with Crippen molar-refractivity contribution < 1.29 is 19.7 Å². The molecule has 1 aliphatic heterocycles. The predicted molar refractivity (Wildman–Crippen MR) is 71.3 cm³/mol. The van der Waals surface area contributed by atoms with Gasteiger partial charge >= 0.3 is 5.97 Å². The number of carbonyl (C=O) groups is 1. The Hall–Kier alpha value is -1.39. The molecule has 104 valence electrons. The van der Waals surface area contributed by atoms with Crippen LogP contribution in [0.25, 0.3) is 0 Å². The Morgan fingerprint density at radius 2 is 2.00 bits per heavy atom. The van der Waals surface area contributed by atoms with Gasteiger partial charge in [0, 0.05) is 11.5 Å². The second kappa shape index (κ2) is 6.17. The molecule has 0 amide bonds. The molecule has 2 atom stereocenters. The molecule has 4 heteroatoms. The van der Waals surface area contributed by atoms with E-state index in [4.69, 9.17) is 4.74 Å². The summed E-state index contributed by atoms with van der Waals surface area (Å²) in [4.78, 5) is 11.6.